The molecule has 3 rings (SSSR count). The van der Waals surface area contributed by atoms with Gasteiger partial charge in [0.15, 0.2) is 11.5 Å². The number of nitrogens with zero attached hydrogens (tertiary/aromatic N) is 1. The second-order valence-electron chi connectivity index (χ2n) is 6.14. The van der Waals surface area contributed by atoms with E-state index in [1.807, 2.05) is 30.3 Å². The van der Waals surface area contributed by atoms with Gasteiger partial charge in [-0.3, -0.25) is 9.59 Å². The number of carbonyl (C=O) groups excluding carboxylic acids is 2. The fourth-order valence-electron chi connectivity index (χ4n) is 3.68. The van der Waals surface area contributed by atoms with Crippen molar-refractivity contribution in [2.45, 2.75) is 51.1 Å². The Morgan fingerprint density at radius 2 is 1.77 bits per heavy atom. The molecule has 1 amide bonds. The molecule has 1 aliphatic heterocycles. The number of rotatable bonds is 3. The van der Waals surface area contributed by atoms with Gasteiger partial charge >= 0.3 is 0 Å². The van der Waals surface area contributed by atoms with Crippen LogP contribution in [0.3, 0.4) is 0 Å². The molecule has 1 aromatic rings. The van der Waals surface area contributed by atoms with Gasteiger partial charge in [0, 0.05) is 6.04 Å². The van der Waals surface area contributed by atoms with Crippen LogP contribution < -0.4 is 0 Å². The fourth-order valence-corrected chi connectivity index (χ4v) is 3.68. The molecule has 0 unspecified atom stereocenters. The molecule has 0 saturated heterocycles. The lowest BCUT2D eigenvalue weighted by atomic mass is 9.91. The average molecular weight is 299 g/mol. The van der Waals surface area contributed by atoms with Gasteiger partial charge in [0.25, 0.3) is 5.91 Å². The van der Waals surface area contributed by atoms with Crippen molar-refractivity contribution in [3.8, 4) is 0 Å². The topological polar surface area (TPSA) is 57.6 Å². The number of aliphatic hydroxyl groups is 1. The SMILES string of the molecule is CC(=O)C1=C(O)C(=O)N(C2CCCCC2)[C@@H]1c1ccccc1. The monoisotopic (exact) mass is 299 g/mol. The van der Waals surface area contributed by atoms with Crippen molar-refractivity contribution in [3.05, 3.63) is 47.2 Å². The summed E-state index contributed by atoms with van der Waals surface area (Å²) >= 11 is 0. The predicted octanol–water partition coefficient (Wildman–Crippen LogP) is 3.30. The van der Waals surface area contributed by atoms with Crippen LogP contribution in [0.4, 0.5) is 0 Å². The van der Waals surface area contributed by atoms with Crippen molar-refractivity contribution in [1.82, 2.24) is 4.90 Å². The van der Waals surface area contributed by atoms with Gasteiger partial charge in [-0.15, -0.1) is 0 Å². The van der Waals surface area contributed by atoms with Gasteiger partial charge in [-0.25, -0.2) is 0 Å². The Hall–Kier alpha value is -2.10. The molecular formula is C18H21NO3. The van der Waals surface area contributed by atoms with E-state index in [0.717, 1.165) is 31.2 Å². The minimum Gasteiger partial charge on any atom is -0.503 e. The van der Waals surface area contributed by atoms with E-state index in [0.29, 0.717) is 0 Å². The van der Waals surface area contributed by atoms with Crippen molar-refractivity contribution >= 4 is 11.7 Å². The maximum absolute atomic E-state index is 12.6. The van der Waals surface area contributed by atoms with Gasteiger partial charge in [-0.05, 0) is 25.3 Å². The zero-order chi connectivity index (χ0) is 15.7. The summed E-state index contributed by atoms with van der Waals surface area (Å²) in [7, 11) is 0. The molecule has 1 fully saturated rings. The molecule has 1 heterocycles. The number of ketones is 1. The van der Waals surface area contributed by atoms with Crippen LogP contribution in [0.15, 0.2) is 41.7 Å². The van der Waals surface area contributed by atoms with E-state index in [-0.39, 0.29) is 23.2 Å². The third-order valence-corrected chi connectivity index (χ3v) is 4.71. The van der Waals surface area contributed by atoms with Crippen LogP contribution in [0, 0.1) is 0 Å². The highest BCUT2D eigenvalue weighted by molar-refractivity contribution is 6.08. The van der Waals surface area contributed by atoms with E-state index in [1.165, 1.54) is 13.3 Å². The Kier molecular flexibility index (Phi) is 4.01. The summed E-state index contributed by atoms with van der Waals surface area (Å²) < 4.78 is 0. The van der Waals surface area contributed by atoms with Crippen molar-refractivity contribution in [2.24, 2.45) is 0 Å². The predicted molar refractivity (Wildman–Crippen MR) is 83.2 cm³/mol. The summed E-state index contributed by atoms with van der Waals surface area (Å²) in [5.74, 6) is -1.00. The van der Waals surface area contributed by atoms with E-state index in [1.54, 1.807) is 4.90 Å². The van der Waals surface area contributed by atoms with E-state index in [2.05, 4.69) is 0 Å². The number of Topliss-reactive ketones (excluding diaryl/α,β-unsaturated/α-hetero) is 1. The number of carbonyl (C=O) groups is 2. The van der Waals surface area contributed by atoms with Crippen LogP contribution in [0.25, 0.3) is 0 Å². The molecule has 2 aliphatic rings. The summed E-state index contributed by atoms with van der Waals surface area (Å²) in [4.78, 5) is 26.3. The van der Waals surface area contributed by atoms with Crippen molar-refractivity contribution in [2.75, 3.05) is 0 Å². The first-order valence-corrected chi connectivity index (χ1v) is 7.93. The van der Waals surface area contributed by atoms with Gasteiger partial charge in [0.2, 0.25) is 0 Å². The molecule has 0 radical (unpaired) electrons. The Balaban J connectivity index is 2.04. The molecule has 4 heteroatoms. The minimum atomic E-state index is -0.450. The highest BCUT2D eigenvalue weighted by atomic mass is 16.3. The number of benzene rings is 1. The van der Waals surface area contributed by atoms with E-state index in [9.17, 15) is 14.7 Å². The van der Waals surface area contributed by atoms with Crippen LogP contribution in [0.1, 0.15) is 50.6 Å². The van der Waals surface area contributed by atoms with E-state index >= 15 is 0 Å². The van der Waals surface area contributed by atoms with Gasteiger partial charge in [-0.1, -0.05) is 49.6 Å². The fraction of sp³-hybridized carbons (Fsp3) is 0.444. The van der Waals surface area contributed by atoms with Crippen molar-refractivity contribution in [3.63, 3.8) is 0 Å². The summed E-state index contributed by atoms with van der Waals surface area (Å²) in [6, 6.07) is 9.17. The molecule has 0 bridgehead atoms. The first-order chi connectivity index (χ1) is 10.6. The molecule has 22 heavy (non-hydrogen) atoms. The van der Waals surface area contributed by atoms with Crippen LogP contribution in [0.2, 0.25) is 0 Å². The Morgan fingerprint density at radius 3 is 2.36 bits per heavy atom. The number of aliphatic hydroxyl groups excluding tert-OH is 1. The summed E-state index contributed by atoms with van der Waals surface area (Å²) in [5.41, 5.74) is 1.12. The van der Waals surface area contributed by atoms with E-state index < -0.39 is 11.9 Å². The smallest absolute Gasteiger partial charge is 0.290 e. The molecule has 0 spiro atoms. The van der Waals surface area contributed by atoms with Gasteiger partial charge in [0.1, 0.15) is 0 Å². The van der Waals surface area contributed by atoms with E-state index in [4.69, 9.17) is 0 Å². The number of hydrogen-bond donors (Lipinski definition) is 1. The summed E-state index contributed by atoms with van der Waals surface area (Å²) in [6.07, 6.45) is 5.24. The summed E-state index contributed by atoms with van der Waals surface area (Å²) in [5, 5.41) is 10.2. The molecule has 116 valence electrons. The molecule has 1 atom stereocenters. The largest absolute Gasteiger partial charge is 0.503 e. The Morgan fingerprint density at radius 1 is 1.14 bits per heavy atom. The molecule has 4 nitrogen and oxygen atoms in total. The lowest BCUT2D eigenvalue weighted by Gasteiger charge is -2.36. The van der Waals surface area contributed by atoms with Gasteiger partial charge in [0.05, 0.1) is 11.6 Å². The third-order valence-electron chi connectivity index (χ3n) is 4.71. The van der Waals surface area contributed by atoms with Crippen LogP contribution in [-0.4, -0.2) is 27.7 Å². The summed E-state index contributed by atoms with van der Waals surface area (Å²) in [6.45, 7) is 1.42. The van der Waals surface area contributed by atoms with Crippen LogP contribution >= 0.6 is 0 Å². The number of amides is 1. The standard InChI is InChI=1S/C18H21NO3/c1-12(20)15-16(13-8-4-2-5-9-13)19(18(22)17(15)21)14-10-6-3-7-11-14/h2,4-5,8-9,14,16,21H,3,6-7,10-11H2,1H3/t16-/m1/s1. The minimum absolute atomic E-state index is 0.102. The maximum atomic E-state index is 12.6. The molecule has 1 N–H and O–H groups in total. The number of hydrogen-bond acceptors (Lipinski definition) is 3. The highest BCUT2D eigenvalue weighted by Gasteiger charge is 2.45. The highest BCUT2D eigenvalue weighted by Crippen LogP contribution is 2.41. The molecule has 1 aliphatic carbocycles. The first kappa shape index (κ1) is 14.8. The Bertz CT molecular complexity index is 614. The molecule has 1 saturated carbocycles. The zero-order valence-electron chi connectivity index (χ0n) is 12.8. The lowest BCUT2D eigenvalue weighted by Crippen LogP contribution is -2.41. The maximum Gasteiger partial charge on any atom is 0.290 e. The van der Waals surface area contributed by atoms with Gasteiger partial charge in [-0.2, -0.15) is 0 Å². The second kappa shape index (κ2) is 5.95. The zero-order valence-corrected chi connectivity index (χ0v) is 12.8. The second-order valence-corrected chi connectivity index (χ2v) is 6.14. The van der Waals surface area contributed by atoms with Crippen molar-refractivity contribution in [1.29, 1.82) is 0 Å². The first-order valence-electron chi connectivity index (χ1n) is 7.93. The van der Waals surface area contributed by atoms with Gasteiger partial charge < -0.3 is 10.0 Å². The average Bonchev–Trinajstić information content (AvgIpc) is 2.81. The Labute approximate surface area is 130 Å². The van der Waals surface area contributed by atoms with Crippen LogP contribution in [0.5, 0.6) is 0 Å². The normalized spacial score (nSPS) is 23.2. The lowest BCUT2D eigenvalue weighted by molar-refractivity contribution is -0.132. The molecular weight excluding hydrogens is 278 g/mol. The third kappa shape index (κ3) is 2.43. The van der Waals surface area contributed by atoms with Crippen molar-refractivity contribution < 1.29 is 14.7 Å². The molecule has 0 aromatic heterocycles. The van der Waals surface area contributed by atoms with Crippen LogP contribution in [-0.2, 0) is 9.59 Å². The molecule has 1 aromatic carbocycles. The quantitative estimate of drug-likeness (QED) is 0.931.